The lowest BCUT2D eigenvalue weighted by Crippen LogP contribution is -2.26. The second kappa shape index (κ2) is 5.04. The Morgan fingerprint density at radius 2 is 1.81 bits per heavy atom. The molecule has 3 rings (SSSR count). The smallest absolute Gasteiger partial charge is 0.244 e. The van der Waals surface area contributed by atoms with Gasteiger partial charge in [0.1, 0.15) is 4.75 Å². The molecule has 2 aromatic carbocycles. The molecule has 0 fully saturated rings. The van der Waals surface area contributed by atoms with Crippen molar-refractivity contribution in [2.24, 2.45) is 0 Å². The molecule has 0 aromatic heterocycles. The fourth-order valence-electron chi connectivity index (χ4n) is 2.58. The van der Waals surface area contributed by atoms with E-state index in [1.807, 2.05) is 43.5 Å². The van der Waals surface area contributed by atoms with Crippen molar-refractivity contribution in [2.75, 3.05) is 11.6 Å². The fraction of sp³-hybridized carbons (Fsp3) is 0.176. The van der Waals surface area contributed by atoms with Gasteiger partial charge in [-0.25, -0.2) is 0 Å². The zero-order chi connectivity index (χ0) is 15.0. The Morgan fingerprint density at radius 3 is 2.48 bits per heavy atom. The van der Waals surface area contributed by atoms with Crippen LogP contribution < -0.4 is 5.32 Å². The van der Waals surface area contributed by atoms with Gasteiger partial charge in [0.2, 0.25) is 5.91 Å². The summed E-state index contributed by atoms with van der Waals surface area (Å²) in [7, 11) is 0. The van der Waals surface area contributed by atoms with Gasteiger partial charge in [-0.05, 0) is 19.2 Å². The van der Waals surface area contributed by atoms with E-state index in [9.17, 15) is 9.59 Å². The molecule has 1 N–H and O–H groups in total. The van der Waals surface area contributed by atoms with E-state index >= 15 is 0 Å². The van der Waals surface area contributed by atoms with E-state index in [0.717, 1.165) is 5.56 Å². The number of fused-ring (bicyclic) bond motifs is 1. The molecule has 0 saturated heterocycles. The number of benzene rings is 2. The van der Waals surface area contributed by atoms with E-state index in [1.54, 1.807) is 18.2 Å². The second-order valence-electron chi connectivity index (χ2n) is 5.11. The van der Waals surface area contributed by atoms with Crippen LogP contribution in [0.4, 0.5) is 5.69 Å². The monoisotopic (exact) mass is 297 g/mol. The highest BCUT2D eigenvalue weighted by atomic mass is 32.2. The average Bonchev–Trinajstić information content (AvgIpc) is 2.79. The number of para-hydroxylation sites is 1. The van der Waals surface area contributed by atoms with Crippen molar-refractivity contribution in [1.82, 2.24) is 0 Å². The Labute approximate surface area is 127 Å². The van der Waals surface area contributed by atoms with Crippen LogP contribution in [0.3, 0.4) is 0 Å². The summed E-state index contributed by atoms with van der Waals surface area (Å²) in [6, 6.07) is 14.6. The van der Waals surface area contributed by atoms with E-state index in [0.29, 0.717) is 16.8 Å². The van der Waals surface area contributed by atoms with Gasteiger partial charge in [0.25, 0.3) is 0 Å². The van der Waals surface area contributed by atoms with Crippen LogP contribution >= 0.6 is 11.8 Å². The maximum Gasteiger partial charge on any atom is 0.244 e. The first-order chi connectivity index (χ1) is 10.1. The summed E-state index contributed by atoms with van der Waals surface area (Å²) in [6.45, 7) is 1.88. The molecule has 0 spiro atoms. The molecule has 2 aromatic rings. The number of nitrogens with one attached hydrogen (secondary N) is 1. The van der Waals surface area contributed by atoms with Gasteiger partial charge in [-0.2, -0.15) is 0 Å². The van der Waals surface area contributed by atoms with Crippen molar-refractivity contribution in [2.45, 2.75) is 11.7 Å². The van der Waals surface area contributed by atoms with Gasteiger partial charge < -0.3 is 5.32 Å². The number of hydrogen-bond acceptors (Lipinski definition) is 3. The van der Waals surface area contributed by atoms with Gasteiger partial charge in [-0.1, -0.05) is 42.5 Å². The number of anilines is 1. The number of carbonyl (C=O) groups excluding carboxylic acids is 2. The molecule has 1 heterocycles. The summed E-state index contributed by atoms with van der Waals surface area (Å²) >= 11 is 1.48. The lowest BCUT2D eigenvalue weighted by Gasteiger charge is -2.19. The van der Waals surface area contributed by atoms with E-state index < -0.39 is 4.75 Å². The summed E-state index contributed by atoms with van der Waals surface area (Å²) in [4.78, 5) is 24.9. The Morgan fingerprint density at radius 1 is 1.10 bits per heavy atom. The molecule has 1 aliphatic heterocycles. The first-order valence-corrected chi connectivity index (χ1v) is 7.90. The van der Waals surface area contributed by atoms with Crippen LogP contribution in [0, 0.1) is 0 Å². The molecule has 0 aliphatic carbocycles. The molecule has 0 saturated carbocycles. The summed E-state index contributed by atoms with van der Waals surface area (Å²) in [6.07, 6.45) is 1.90. The number of thioether (sulfide) groups is 1. The first kappa shape index (κ1) is 13.9. The predicted molar refractivity (Wildman–Crippen MR) is 85.8 cm³/mol. The van der Waals surface area contributed by atoms with Crippen LogP contribution in [0.1, 0.15) is 28.4 Å². The van der Waals surface area contributed by atoms with Crippen molar-refractivity contribution < 1.29 is 9.59 Å². The molecule has 1 aliphatic rings. The third-order valence-corrected chi connectivity index (χ3v) is 5.16. The maximum absolute atomic E-state index is 12.7. The van der Waals surface area contributed by atoms with Gasteiger partial charge >= 0.3 is 0 Å². The summed E-state index contributed by atoms with van der Waals surface area (Å²) < 4.78 is -0.637. The SMILES string of the molecule is CSC1(C)C(=O)Nc2c(C(=O)c3ccccc3)cccc21. The van der Waals surface area contributed by atoms with Gasteiger partial charge in [0, 0.05) is 16.7 Å². The van der Waals surface area contributed by atoms with Crippen LogP contribution in [0.5, 0.6) is 0 Å². The molecule has 1 atom stereocenters. The van der Waals surface area contributed by atoms with E-state index in [-0.39, 0.29) is 11.7 Å². The Hall–Kier alpha value is -2.07. The topological polar surface area (TPSA) is 46.2 Å². The van der Waals surface area contributed by atoms with Crippen molar-refractivity contribution in [3.05, 3.63) is 65.2 Å². The van der Waals surface area contributed by atoms with Crippen LogP contribution in [0.15, 0.2) is 48.5 Å². The normalized spacial score (nSPS) is 20.0. The minimum Gasteiger partial charge on any atom is -0.324 e. The maximum atomic E-state index is 12.7. The van der Waals surface area contributed by atoms with Gasteiger partial charge in [0.05, 0.1) is 5.69 Å². The van der Waals surface area contributed by atoms with Crippen LogP contribution in [0.25, 0.3) is 0 Å². The van der Waals surface area contributed by atoms with Crippen molar-refractivity contribution >= 4 is 29.1 Å². The average molecular weight is 297 g/mol. The summed E-state index contributed by atoms with van der Waals surface area (Å²) in [5.74, 6) is -0.142. The molecule has 1 amide bonds. The molecule has 0 bridgehead atoms. The molecule has 1 unspecified atom stereocenters. The Bertz CT molecular complexity index is 727. The molecular formula is C17H15NO2S. The van der Waals surface area contributed by atoms with E-state index in [2.05, 4.69) is 5.32 Å². The van der Waals surface area contributed by atoms with Crippen LogP contribution in [0.2, 0.25) is 0 Å². The van der Waals surface area contributed by atoms with Gasteiger partial charge in [0.15, 0.2) is 5.78 Å². The highest BCUT2D eigenvalue weighted by Crippen LogP contribution is 2.46. The predicted octanol–water partition coefficient (Wildman–Crippen LogP) is 3.45. The zero-order valence-electron chi connectivity index (χ0n) is 11.8. The molecular weight excluding hydrogens is 282 g/mol. The highest BCUT2D eigenvalue weighted by molar-refractivity contribution is 8.00. The van der Waals surface area contributed by atoms with Crippen LogP contribution in [-0.2, 0) is 9.54 Å². The number of carbonyl (C=O) groups is 2. The number of ketones is 1. The fourth-order valence-corrected chi connectivity index (χ4v) is 3.20. The molecule has 21 heavy (non-hydrogen) atoms. The van der Waals surface area contributed by atoms with Gasteiger partial charge in [-0.3, -0.25) is 9.59 Å². The molecule has 0 radical (unpaired) electrons. The number of hydrogen-bond donors (Lipinski definition) is 1. The summed E-state index contributed by atoms with van der Waals surface area (Å²) in [5.41, 5.74) is 2.69. The largest absolute Gasteiger partial charge is 0.324 e. The lowest BCUT2D eigenvalue weighted by molar-refractivity contribution is -0.117. The minimum absolute atomic E-state index is 0.0710. The van der Waals surface area contributed by atoms with E-state index in [4.69, 9.17) is 0 Å². The van der Waals surface area contributed by atoms with Crippen molar-refractivity contribution in [3.63, 3.8) is 0 Å². The highest BCUT2D eigenvalue weighted by Gasteiger charge is 2.43. The van der Waals surface area contributed by atoms with Crippen molar-refractivity contribution in [3.8, 4) is 0 Å². The number of rotatable bonds is 3. The Balaban J connectivity index is 2.13. The standard InChI is InChI=1S/C17H15NO2S/c1-17(21-2)13-10-6-9-12(14(13)18-16(17)20)15(19)11-7-4-3-5-8-11/h3-10H,1-2H3,(H,18,20). The zero-order valence-corrected chi connectivity index (χ0v) is 12.7. The lowest BCUT2D eigenvalue weighted by atomic mass is 9.95. The van der Waals surface area contributed by atoms with Crippen molar-refractivity contribution in [1.29, 1.82) is 0 Å². The first-order valence-electron chi connectivity index (χ1n) is 6.68. The minimum atomic E-state index is -0.637. The Kier molecular flexibility index (Phi) is 3.33. The molecule has 3 nitrogen and oxygen atoms in total. The third-order valence-electron chi connectivity index (χ3n) is 3.94. The quantitative estimate of drug-likeness (QED) is 0.883. The van der Waals surface area contributed by atoms with Crippen LogP contribution in [-0.4, -0.2) is 17.9 Å². The molecule has 4 heteroatoms. The third kappa shape index (κ3) is 2.07. The van der Waals surface area contributed by atoms with E-state index in [1.165, 1.54) is 11.8 Å². The second-order valence-corrected chi connectivity index (χ2v) is 6.34. The summed E-state index contributed by atoms with van der Waals surface area (Å²) in [5, 5.41) is 2.88. The number of amides is 1. The molecule has 106 valence electrons. The van der Waals surface area contributed by atoms with Gasteiger partial charge in [-0.15, -0.1) is 11.8 Å².